The number of hydrogen-bond acceptors (Lipinski definition) is 3. The van der Waals surface area contributed by atoms with E-state index in [1.54, 1.807) is 0 Å². The Balaban J connectivity index is 1.86. The van der Waals surface area contributed by atoms with Crippen LogP contribution < -0.4 is 9.62 Å². The van der Waals surface area contributed by atoms with Gasteiger partial charge in [0.05, 0.1) is 11.4 Å². The molecule has 2 rings (SSSR count). The molecule has 4 nitrogen and oxygen atoms in total. The molecule has 1 aliphatic rings. The molecule has 0 radical (unpaired) electrons. The van der Waals surface area contributed by atoms with Crippen molar-refractivity contribution in [2.75, 3.05) is 23.1 Å². The number of nitrogens with one attached hydrogen (secondary N) is 1. The molecule has 1 aromatic carbocycles. The SMILES string of the molecule is CCN(c1ccc(C)cc1)S(=O)(=O)CCCCNC1CC1. The molecule has 118 valence electrons. The second kappa shape index (κ2) is 7.27. The minimum Gasteiger partial charge on any atom is -0.314 e. The Morgan fingerprint density at radius 2 is 1.86 bits per heavy atom. The predicted molar refractivity (Wildman–Crippen MR) is 88.2 cm³/mol. The lowest BCUT2D eigenvalue weighted by Crippen LogP contribution is -2.33. The van der Waals surface area contributed by atoms with Gasteiger partial charge in [0.2, 0.25) is 10.0 Å². The lowest BCUT2D eigenvalue weighted by molar-refractivity contribution is 0.582. The van der Waals surface area contributed by atoms with Crippen molar-refractivity contribution >= 4 is 15.7 Å². The highest BCUT2D eigenvalue weighted by Crippen LogP contribution is 2.20. The van der Waals surface area contributed by atoms with E-state index in [0.717, 1.165) is 24.2 Å². The number of nitrogens with zero attached hydrogens (tertiary/aromatic N) is 1. The van der Waals surface area contributed by atoms with Crippen LogP contribution in [0.15, 0.2) is 24.3 Å². The summed E-state index contributed by atoms with van der Waals surface area (Å²) in [5, 5.41) is 3.42. The Morgan fingerprint density at radius 1 is 1.19 bits per heavy atom. The van der Waals surface area contributed by atoms with E-state index in [2.05, 4.69) is 5.32 Å². The predicted octanol–water partition coefficient (Wildman–Crippen LogP) is 2.68. The summed E-state index contributed by atoms with van der Waals surface area (Å²) in [7, 11) is -3.22. The third-order valence-electron chi connectivity index (χ3n) is 3.78. The van der Waals surface area contributed by atoms with Crippen molar-refractivity contribution < 1.29 is 8.42 Å². The quantitative estimate of drug-likeness (QED) is 0.713. The highest BCUT2D eigenvalue weighted by molar-refractivity contribution is 7.92. The zero-order valence-corrected chi connectivity index (χ0v) is 13.8. The van der Waals surface area contributed by atoms with Gasteiger partial charge < -0.3 is 5.32 Å². The molecule has 0 aromatic heterocycles. The molecule has 0 aliphatic heterocycles. The molecule has 1 aliphatic carbocycles. The summed E-state index contributed by atoms with van der Waals surface area (Å²) < 4.78 is 26.4. The van der Waals surface area contributed by atoms with Crippen molar-refractivity contribution in [3.8, 4) is 0 Å². The summed E-state index contributed by atoms with van der Waals surface area (Å²) in [6, 6.07) is 8.36. The topological polar surface area (TPSA) is 49.4 Å². The fourth-order valence-corrected chi connectivity index (χ4v) is 3.99. The van der Waals surface area contributed by atoms with Gasteiger partial charge in [0, 0.05) is 12.6 Å². The third-order valence-corrected chi connectivity index (χ3v) is 5.73. The number of rotatable bonds is 9. The minimum atomic E-state index is -3.22. The Kier molecular flexibility index (Phi) is 5.65. The normalized spacial score (nSPS) is 15.1. The molecule has 1 N–H and O–H groups in total. The van der Waals surface area contributed by atoms with Gasteiger partial charge in [-0.1, -0.05) is 17.7 Å². The van der Waals surface area contributed by atoms with E-state index in [0.29, 0.717) is 19.0 Å². The van der Waals surface area contributed by atoms with Crippen LogP contribution in [0, 0.1) is 6.92 Å². The number of hydrogen-bond donors (Lipinski definition) is 1. The first-order chi connectivity index (χ1) is 10.0. The largest absolute Gasteiger partial charge is 0.314 e. The van der Waals surface area contributed by atoms with Crippen molar-refractivity contribution in [3.05, 3.63) is 29.8 Å². The standard InChI is InChI=1S/C16H26N2O2S/c1-3-18(16-10-6-14(2)7-11-16)21(19,20)13-5-4-12-17-15-8-9-15/h6-7,10-11,15,17H,3-5,8-9,12-13H2,1-2H3. The van der Waals surface area contributed by atoms with Gasteiger partial charge in [0.1, 0.15) is 0 Å². The van der Waals surface area contributed by atoms with Gasteiger partial charge in [-0.2, -0.15) is 0 Å². The van der Waals surface area contributed by atoms with Crippen LogP contribution in [0.5, 0.6) is 0 Å². The highest BCUT2D eigenvalue weighted by atomic mass is 32.2. The van der Waals surface area contributed by atoms with Gasteiger partial charge in [-0.15, -0.1) is 0 Å². The van der Waals surface area contributed by atoms with E-state index in [9.17, 15) is 8.42 Å². The zero-order chi connectivity index (χ0) is 15.3. The molecule has 5 heteroatoms. The van der Waals surface area contributed by atoms with Crippen molar-refractivity contribution in [1.29, 1.82) is 0 Å². The van der Waals surface area contributed by atoms with E-state index in [1.165, 1.54) is 17.1 Å². The molecule has 0 spiro atoms. The van der Waals surface area contributed by atoms with Crippen LogP contribution in [-0.2, 0) is 10.0 Å². The van der Waals surface area contributed by atoms with Gasteiger partial charge >= 0.3 is 0 Å². The molecule has 0 saturated heterocycles. The van der Waals surface area contributed by atoms with E-state index >= 15 is 0 Å². The lowest BCUT2D eigenvalue weighted by Gasteiger charge is -2.23. The fourth-order valence-electron chi connectivity index (χ4n) is 2.36. The first-order valence-corrected chi connectivity index (χ1v) is 9.44. The van der Waals surface area contributed by atoms with Crippen LogP contribution in [0.25, 0.3) is 0 Å². The van der Waals surface area contributed by atoms with Crippen molar-refractivity contribution in [2.45, 2.75) is 45.6 Å². The number of anilines is 1. The number of aryl methyl sites for hydroxylation is 1. The summed E-state index contributed by atoms with van der Waals surface area (Å²) in [5.41, 5.74) is 1.90. The summed E-state index contributed by atoms with van der Waals surface area (Å²) in [6.07, 6.45) is 4.18. The summed E-state index contributed by atoms with van der Waals surface area (Å²) >= 11 is 0. The number of sulfonamides is 1. The summed E-state index contributed by atoms with van der Waals surface area (Å²) in [4.78, 5) is 0. The second-order valence-electron chi connectivity index (χ2n) is 5.75. The molecule has 1 aromatic rings. The zero-order valence-electron chi connectivity index (χ0n) is 13.0. The average Bonchev–Trinajstić information content (AvgIpc) is 3.25. The van der Waals surface area contributed by atoms with Gasteiger partial charge in [-0.25, -0.2) is 8.42 Å². The molecule has 0 unspecified atom stereocenters. The highest BCUT2D eigenvalue weighted by Gasteiger charge is 2.21. The van der Waals surface area contributed by atoms with E-state index in [4.69, 9.17) is 0 Å². The number of unbranched alkanes of at least 4 members (excludes halogenated alkanes) is 1. The maximum atomic E-state index is 12.5. The first-order valence-electron chi connectivity index (χ1n) is 7.83. The van der Waals surface area contributed by atoms with Crippen molar-refractivity contribution in [2.24, 2.45) is 0 Å². The molecule has 1 fully saturated rings. The Morgan fingerprint density at radius 3 is 2.43 bits per heavy atom. The molecular formula is C16H26N2O2S. The molecule has 21 heavy (non-hydrogen) atoms. The van der Waals surface area contributed by atoms with E-state index in [-0.39, 0.29) is 5.75 Å². The minimum absolute atomic E-state index is 0.223. The first kappa shape index (κ1) is 16.3. The summed E-state index contributed by atoms with van der Waals surface area (Å²) in [5.74, 6) is 0.223. The van der Waals surface area contributed by atoms with Gasteiger partial charge in [0.15, 0.2) is 0 Å². The smallest absolute Gasteiger partial charge is 0.235 e. The van der Waals surface area contributed by atoms with Crippen LogP contribution in [-0.4, -0.2) is 33.3 Å². The molecular weight excluding hydrogens is 284 g/mol. The van der Waals surface area contributed by atoms with E-state index in [1.807, 2.05) is 38.1 Å². The molecule has 0 bridgehead atoms. The molecule has 0 amide bonds. The lowest BCUT2D eigenvalue weighted by atomic mass is 10.2. The Bertz CT molecular complexity index is 536. The maximum Gasteiger partial charge on any atom is 0.235 e. The van der Waals surface area contributed by atoms with Crippen LogP contribution >= 0.6 is 0 Å². The molecule has 0 atom stereocenters. The summed E-state index contributed by atoms with van der Waals surface area (Å²) in [6.45, 7) is 5.29. The second-order valence-corrected chi connectivity index (χ2v) is 7.76. The third kappa shape index (κ3) is 5.00. The van der Waals surface area contributed by atoms with Crippen LogP contribution in [0.4, 0.5) is 5.69 Å². The van der Waals surface area contributed by atoms with Crippen molar-refractivity contribution in [3.63, 3.8) is 0 Å². The molecule has 0 heterocycles. The molecule has 1 saturated carbocycles. The van der Waals surface area contributed by atoms with E-state index < -0.39 is 10.0 Å². The van der Waals surface area contributed by atoms with Crippen LogP contribution in [0.2, 0.25) is 0 Å². The Hall–Kier alpha value is -1.07. The Labute approximate surface area is 128 Å². The van der Waals surface area contributed by atoms with Gasteiger partial charge in [0.25, 0.3) is 0 Å². The van der Waals surface area contributed by atoms with Gasteiger partial charge in [-0.3, -0.25) is 4.31 Å². The average molecular weight is 310 g/mol. The van der Waals surface area contributed by atoms with Crippen LogP contribution in [0.1, 0.15) is 38.2 Å². The van der Waals surface area contributed by atoms with Crippen LogP contribution in [0.3, 0.4) is 0 Å². The van der Waals surface area contributed by atoms with Gasteiger partial charge in [-0.05, 0) is 58.2 Å². The fraction of sp³-hybridized carbons (Fsp3) is 0.625. The maximum absolute atomic E-state index is 12.5. The van der Waals surface area contributed by atoms with Crippen molar-refractivity contribution in [1.82, 2.24) is 5.32 Å². The number of benzene rings is 1. The monoisotopic (exact) mass is 310 g/mol.